The largest absolute Gasteiger partial charge is 0.336 e. The van der Waals surface area contributed by atoms with Gasteiger partial charge in [0.25, 0.3) is 5.91 Å². The number of aromatic nitrogens is 2. The Kier molecular flexibility index (Phi) is 5.05. The lowest BCUT2D eigenvalue weighted by Crippen LogP contribution is -2.43. The van der Waals surface area contributed by atoms with Gasteiger partial charge in [-0.25, -0.2) is 0 Å². The molecule has 1 aliphatic heterocycles. The Morgan fingerprint density at radius 2 is 2.09 bits per heavy atom. The van der Waals surface area contributed by atoms with Gasteiger partial charge in [0.15, 0.2) is 0 Å². The first-order valence-corrected chi connectivity index (χ1v) is 9.09. The third kappa shape index (κ3) is 3.94. The van der Waals surface area contributed by atoms with Crippen LogP contribution in [-0.4, -0.2) is 57.7 Å². The van der Waals surface area contributed by atoms with Gasteiger partial charge in [0.2, 0.25) is 0 Å². The molecule has 0 bridgehead atoms. The zero-order valence-electron chi connectivity index (χ0n) is 14.7. The van der Waals surface area contributed by atoms with E-state index in [1.54, 1.807) is 0 Å². The van der Waals surface area contributed by atoms with Crippen LogP contribution < -0.4 is 0 Å². The molecule has 5 heteroatoms. The number of carbonyl (C=O) groups is 1. The fourth-order valence-electron chi connectivity index (χ4n) is 3.65. The average Bonchev–Trinajstić information content (AvgIpc) is 2.79. The van der Waals surface area contributed by atoms with Crippen LogP contribution in [0.3, 0.4) is 0 Å². The monoisotopic (exact) mass is 318 g/mol. The molecular weight excluding hydrogens is 288 g/mol. The molecule has 23 heavy (non-hydrogen) atoms. The number of amides is 1. The summed E-state index contributed by atoms with van der Waals surface area (Å²) in [6.07, 6.45) is 5.96. The van der Waals surface area contributed by atoms with Crippen molar-refractivity contribution >= 4 is 5.91 Å². The molecule has 1 saturated heterocycles. The van der Waals surface area contributed by atoms with E-state index in [4.69, 9.17) is 0 Å². The lowest BCUT2D eigenvalue weighted by Gasteiger charge is -2.37. The molecule has 0 spiro atoms. The summed E-state index contributed by atoms with van der Waals surface area (Å²) >= 11 is 0. The molecule has 1 saturated carbocycles. The van der Waals surface area contributed by atoms with E-state index in [2.05, 4.69) is 30.8 Å². The van der Waals surface area contributed by atoms with Gasteiger partial charge in [0.1, 0.15) is 5.69 Å². The van der Waals surface area contributed by atoms with Crippen LogP contribution in [0, 0.1) is 11.8 Å². The van der Waals surface area contributed by atoms with E-state index in [-0.39, 0.29) is 5.91 Å². The fraction of sp³-hybridized carbons (Fsp3) is 0.778. The van der Waals surface area contributed by atoms with Gasteiger partial charge in [0.05, 0.1) is 0 Å². The SMILES string of the molecule is CC(C)Cn1ccc(C(=O)N2CCN(C3CCC3)CC(C)C2)n1. The number of rotatable bonds is 4. The first-order valence-electron chi connectivity index (χ1n) is 9.09. The molecule has 128 valence electrons. The van der Waals surface area contributed by atoms with Crippen molar-refractivity contribution in [2.24, 2.45) is 11.8 Å². The molecule has 5 nitrogen and oxygen atoms in total. The highest BCUT2D eigenvalue weighted by atomic mass is 16.2. The number of carbonyl (C=O) groups excluding carboxylic acids is 1. The van der Waals surface area contributed by atoms with E-state index < -0.39 is 0 Å². The second-order valence-electron chi connectivity index (χ2n) is 7.75. The normalized spacial score (nSPS) is 23.8. The van der Waals surface area contributed by atoms with Gasteiger partial charge in [-0.05, 0) is 30.7 Å². The van der Waals surface area contributed by atoms with Crippen molar-refractivity contribution in [3.63, 3.8) is 0 Å². The number of nitrogens with zero attached hydrogens (tertiary/aromatic N) is 4. The highest BCUT2D eigenvalue weighted by Gasteiger charge is 2.31. The summed E-state index contributed by atoms with van der Waals surface area (Å²) < 4.78 is 1.89. The Morgan fingerprint density at radius 3 is 2.74 bits per heavy atom. The lowest BCUT2D eigenvalue weighted by atomic mass is 9.91. The molecule has 1 unspecified atom stereocenters. The van der Waals surface area contributed by atoms with Crippen molar-refractivity contribution in [2.75, 3.05) is 26.2 Å². The van der Waals surface area contributed by atoms with E-state index in [0.717, 1.165) is 38.8 Å². The molecule has 2 aliphatic rings. The van der Waals surface area contributed by atoms with Crippen molar-refractivity contribution in [3.05, 3.63) is 18.0 Å². The van der Waals surface area contributed by atoms with Gasteiger partial charge in [-0.2, -0.15) is 5.10 Å². The summed E-state index contributed by atoms with van der Waals surface area (Å²) in [5.74, 6) is 1.15. The maximum absolute atomic E-state index is 12.8. The minimum atomic E-state index is 0.0924. The third-order valence-electron chi connectivity index (χ3n) is 5.03. The van der Waals surface area contributed by atoms with E-state index in [1.807, 2.05) is 21.8 Å². The van der Waals surface area contributed by atoms with Gasteiger partial charge in [-0.15, -0.1) is 0 Å². The Hall–Kier alpha value is -1.36. The van der Waals surface area contributed by atoms with Gasteiger partial charge >= 0.3 is 0 Å². The van der Waals surface area contributed by atoms with Gasteiger partial charge in [0, 0.05) is 45.0 Å². The summed E-state index contributed by atoms with van der Waals surface area (Å²) in [5.41, 5.74) is 0.593. The number of hydrogen-bond acceptors (Lipinski definition) is 3. The summed E-state index contributed by atoms with van der Waals surface area (Å²) in [4.78, 5) is 17.4. The molecule has 0 aromatic carbocycles. The van der Waals surface area contributed by atoms with Gasteiger partial charge in [-0.1, -0.05) is 27.2 Å². The second-order valence-corrected chi connectivity index (χ2v) is 7.75. The molecule has 1 amide bonds. The van der Waals surface area contributed by atoms with Crippen LogP contribution in [0.25, 0.3) is 0 Å². The van der Waals surface area contributed by atoms with E-state index in [9.17, 15) is 4.79 Å². The Balaban J connectivity index is 1.63. The minimum absolute atomic E-state index is 0.0924. The average molecular weight is 318 g/mol. The zero-order chi connectivity index (χ0) is 16.4. The quantitative estimate of drug-likeness (QED) is 0.856. The standard InChI is InChI=1S/C18H30N4O/c1-14(2)11-22-8-7-17(19-22)18(23)21-10-9-20(12-15(3)13-21)16-5-4-6-16/h7-8,14-16H,4-6,9-13H2,1-3H3. The molecule has 3 rings (SSSR count). The first kappa shape index (κ1) is 16.5. The molecule has 2 heterocycles. The summed E-state index contributed by atoms with van der Waals surface area (Å²) in [6, 6.07) is 2.63. The van der Waals surface area contributed by atoms with E-state index in [1.165, 1.54) is 19.3 Å². The summed E-state index contributed by atoms with van der Waals surface area (Å²) in [6.45, 7) is 11.2. The highest BCUT2D eigenvalue weighted by molar-refractivity contribution is 5.92. The minimum Gasteiger partial charge on any atom is -0.336 e. The van der Waals surface area contributed by atoms with Crippen molar-refractivity contribution < 1.29 is 4.79 Å². The Bertz CT molecular complexity index is 535. The van der Waals surface area contributed by atoms with Crippen LogP contribution >= 0.6 is 0 Å². The molecule has 1 aliphatic carbocycles. The fourth-order valence-corrected chi connectivity index (χ4v) is 3.65. The van der Waals surface area contributed by atoms with Crippen molar-refractivity contribution in [3.8, 4) is 0 Å². The van der Waals surface area contributed by atoms with Crippen LogP contribution in [0.15, 0.2) is 12.3 Å². The molecule has 1 atom stereocenters. The molecule has 2 fully saturated rings. The van der Waals surface area contributed by atoms with Crippen molar-refractivity contribution in [2.45, 2.75) is 52.6 Å². The number of hydrogen-bond donors (Lipinski definition) is 0. The summed E-state index contributed by atoms with van der Waals surface area (Å²) in [5, 5.41) is 4.47. The smallest absolute Gasteiger partial charge is 0.274 e. The Labute approximate surface area is 139 Å². The molecule has 0 N–H and O–H groups in total. The molecular formula is C18H30N4O. The first-order chi connectivity index (χ1) is 11.0. The Morgan fingerprint density at radius 1 is 1.30 bits per heavy atom. The molecule has 0 radical (unpaired) electrons. The van der Waals surface area contributed by atoms with Gasteiger partial charge < -0.3 is 4.90 Å². The van der Waals surface area contributed by atoms with Gasteiger partial charge in [-0.3, -0.25) is 14.4 Å². The maximum atomic E-state index is 12.8. The lowest BCUT2D eigenvalue weighted by molar-refractivity contribution is 0.0736. The maximum Gasteiger partial charge on any atom is 0.274 e. The van der Waals surface area contributed by atoms with E-state index >= 15 is 0 Å². The topological polar surface area (TPSA) is 41.4 Å². The van der Waals surface area contributed by atoms with Crippen molar-refractivity contribution in [1.82, 2.24) is 19.6 Å². The summed E-state index contributed by atoms with van der Waals surface area (Å²) in [7, 11) is 0. The van der Waals surface area contributed by atoms with Crippen LogP contribution in [0.2, 0.25) is 0 Å². The third-order valence-corrected chi connectivity index (χ3v) is 5.03. The predicted molar refractivity (Wildman–Crippen MR) is 91.3 cm³/mol. The van der Waals surface area contributed by atoms with Crippen LogP contribution in [-0.2, 0) is 6.54 Å². The highest BCUT2D eigenvalue weighted by Crippen LogP contribution is 2.26. The van der Waals surface area contributed by atoms with Crippen LogP contribution in [0.1, 0.15) is 50.5 Å². The molecule has 1 aromatic rings. The predicted octanol–water partition coefficient (Wildman–Crippen LogP) is 2.49. The van der Waals surface area contributed by atoms with Crippen molar-refractivity contribution in [1.29, 1.82) is 0 Å². The molecule has 1 aromatic heterocycles. The van der Waals surface area contributed by atoms with E-state index in [0.29, 0.717) is 17.5 Å². The second kappa shape index (κ2) is 7.04. The zero-order valence-corrected chi connectivity index (χ0v) is 14.7. The van der Waals surface area contributed by atoms with Crippen LogP contribution in [0.4, 0.5) is 0 Å². The van der Waals surface area contributed by atoms with Crippen LogP contribution in [0.5, 0.6) is 0 Å².